The Morgan fingerprint density at radius 2 is 1.91 bits per heavy atom. The summed E-state index contributed by atoms with van der Waals surface area (Å²) in [4.78, 5) is 14.9. The van der Waals surface area contributed by atoms with E-state index in [0.29, 0.717) is 17.4 Å². The fourth-order valence-corrected chi connectivity index (χ4v) is 4.87. The topological polar surface area (TPSA) is 32.3 Å². The van der Waals surface area contributed by atoms with Crippen LogP contribution in [-0.2, 0) is 4.79 Å². The number of rotatable bonds is 5. The zero-order valence-electron chi connectivity index (χ0n) is 15.7. The minimum atomic E-state index is 0.276. The lowest BCUT2D eigenvalue weighted by atomic mass is 9.67. The third kappa shape index (κ3) is 6.29. The van der Waals surface area contributed by atoms with Gasteiger partial charge in [0.25, 0.3) is 0 Å². The Kier molecular flexibility index (Phi) is 6.30. The quantitative estimate of drug-likeness (QED) is 0.777. The fourth-order valence-electron chi connectivity index (χ4n) is 4.87. The standard InChI is InChI=1S/C20H36N2O/c1-15(2)14-22-8-6-18(7-9-22)21-19(23)11-17-10-16(3)12-20(4,5)13-17/h16-18H,1,6-14H2,2-5H3,(H,21,23). The van der Waals surface area contributed by atoms with E-state index in [9.17, 15) is 4.79 Å². The highest BCUT2D eigenvalue weighted by atomic mass is 16.1. The van der Waals surface area contributed by atoms with E-state index < -0.39 is 0 Å². The Balaban J connectivity index is 1.72. The molecule has 1 N–H and O–H groups in total. The number of carbonyl (C=O) groups is 1. The summed E-state index contributed by atoms with van der Waals surface area (Å²) in [5.41, 5.74) is 1.62. The minimum Gasteiger partial charge on any atom is -0.353 e. The Hall–Kier alpha value is -0.830. The molecule has 1 amide bonds. The fraction of sp³-hybridized carbons (Fsp3) is 0.850. The number of hydrogen-bond donors (Lipinski definition) is 1. The van der Waals surface area contributed by atoms with Gasteiger partial charge in [-0.3, -0.25) is 9.69 Å². The molecule has 0 aromatic heterocycles. The Labute approximate surface area is 142 Å². The van der Waals surface area contributed by atoms with E-state index in [1.165, 1.54) is 24.8 Å². The van der Waals surface area contributed by atoms with Gasteiger partial charge in [-0.15, -0.1) is 0 Å². The molecule has 2 atom stereocenters. The molecule has 2 aliphatic rings. The summed E-state index contributed by atoms with van der Waals surface area (Å²) < 4.78 is 0. The highest BCUT2D eigenvalue weighted by molar-refractivity contribution is 5.76. The lowest BCUT2D eigenvalue weighted by Crippen LogP contribution is -2.45. The summed E-state index contributed by atoms with van der Waals surface area (Å²) in [7, 11) is 0. The molecule has 0 radical (unpaired) electrons. The van der Waals surface area contributed by atoms with E-state index in [1.807, 2.05) is 0 Å². The summed E-state index contributed by atoms with van der Waals surface area (Å²) >= 11 is 0. The van der Waals surface area contributed by atoms with Gasteiger partial charge in [-0.2, -0.15) is 0 Å². The first-order valence-corrected chi connectivity index (χ1v) is 9.39. The molecule has 3 nitrogen and oxygen atoms in total. The molecule has 1 aliphatic carbocycles. The maximum Gasteiger partial charge on any atom is 0.220 e. The molecule has 23 heavy (non-hydrogen) atoms. The van der Waals surface area contributed by atoms with Crippen LogP contribution in [0.2, 0.25) is 0 Å². The second-order valence-corrected chi connectivity index (χ2v) is 9.06. The average molecular weight is 321 g/mol. The van der Waals surface area contributed by atoms with Crippen LogP contribution in [-0.4, -0.2) is 36.5 Å². The molecule has 0 spiro atoms. The van der Waals surface area contributed by atoms with Crippen molar-refractivity contribution in [2.45, 2.75) is 72.3 Å². The van der Waals surface area contributed by atoms with Crippen molar-refractivity contribution in [1.82, 2.24) is 10.2 Å². The number of piperidine rings is 1. The van der Waals surface area contributed by atoms with Gasteiger partial charge in [0, 0.05) is 32.1 Å². The van der Waals surface area contributed by atoms with Crippen LogP contribution in [0.3, 0.4) is 0 Å². The molecule has 2 unspecified atom stereocenters. The van der Waals surface area contributed by atoms with Crippen LogP contribution in [0.1, 0.15) is 66.2 Å². The number of nitrogens with one attached hydrogen (secondary N) is 1. The van der Waals surface area contributed by atoms with E-state index in [-0.39, 0.29) is 5.91 Å². The third-order valence-corrected chi connectivity index (χ3v) is 5.40. The van der Waals surface area contributed by atoms with E-state index in [1.54, 1.807) is 0 Å². The zero-order valence-corrected chi connectivity index (χ0v) is 15.7. The molecule has 1 saturated carbocycles. The molecule has 1 heterocycles. The first-order chi connectivity index (χ1) is 10.7. The van der Waals surface area contributed by atoms with Crippen LogP contribution in [0.25, 0.3) is 0 Å². The van der Waals surface area contributed by atoms with Gasteiger partial charge in [0.15, 0.2) is 0 Å². The highest BCUT2D eigenvalue weighted by Crippen LogP contribution is 2.42. The summed E-state index contributed by atoms with van der Waals surface area (Å²) in [5, 5.41) is 3.29. The molecular formula is C20H36N2O. The number of carbonyl (C=O) groups excluding carboxylic acids is 1. The summed E-state index contributed by atoms with van der Waals surface area (Å²) in [6.45, 7) is 16.3. The van der Waals surface area contributed by atoms with Gasteiger partial charge in [0.05, 0.1) is 0 Å². The number of nitrogens with zero attached hydrogens (tertiary/aromatic N) is 1. The van der Waals surface area contributed by atoms with Crippen molar-refractivity contribution in [1.29, 1.82) is 0 Å². The third-order valence-electron chi connectivity index (χ3n) is 5.40. The molecule has 0 aromatic carbocycles. The van der Waals surface area contributed by atoms with Crippen LogP contribution < -0.4 is 5.32 Å². The molecule has 132 valence electrons. The van der Waals surface area contributed by atoms with Crippen molar-refractivity contribution in [2.75, 3.05) is 19.6 Å². The van der Waals surface area contributed by atoms with Gasteiger partial charge >= 0.3 is 0 Å². The summed E-state index contributed by atoms with van der Waals surface area (Å²) in [6.07, 6.45) is 6.58. The molecule has 0 bridgehead atoms. The van der Waals surface area contributed by atoms with Crippen LogP contribution >= 0.6 is 0 Å². The maximum absolute atomic E-state index is 12.4. The second-order valence-electron chi connectivity index (χ2n) is 9.06. The number of hydrogen-bond acceptors (Lipinski definition) is 2. The van der Waals surface area contributed by atoms with E-state index in [0.717, 1.165) is 44.8 Å². The monoisotopic (exact) mass is 320 g/mol. The van der Waals surface area contributed by atoms with E-state index >= 15 is 0 Å². The lowest BCUT2D eigenvalue weighted by molar-refractivity contribution is -0.123. The molecule has 1 aliphatic heterocycles. The molecule has 1 saturated heterocycles. The van der Waals surface area contributed by atoms with E-state index in [2.05, 4.69) is 44.5 Å². The SMILES string of the molecule is C=C(C)CN1CCC(NC(=O)CC2CC(C)CC(C)(C)C2)CC1. The molecule has 2 rings (SSSR count). The highest BCUT2D eigenvalue weighted by Gasteiger charge is 2.33. The van der Waals surface area contributed by atoms with Gasteiger partial charge in [-0.1, -0.05) is 32.9 Å². The number of likely N-dealkylation sites (tertiary alicyclic amines) is 1. The molecule has 2 fully saturated rings. The first-order valence-electron chi connectivity index (χ1n) is 9.39. The van der Waals surface area contributed by atoms with Crippen molar-refractivity contribution < 1.29 is 4.79 Å². The van der Waals surface area contributed by atoms with Crippen LogP contribution in [0.15, 0.2) is 12.2 Å². The summed E-state index contributed by atoms with van der Waals surface area (Å²) in [6, 6.07) is 0.373. The van der Waals surface area contributed by atoms with Gasteiger partial charge < -0.3 is 5.32 Å². The van der Waals surface area contributed by atoms with Crippen LogP contribution in [0.4, 0.5) is 0 Å². The minimum absolute atomic E-state index is 0.276. The van der Waals surface area contributed by atoms with Crippen molar-refractivity contribution in [2.24, 2.45) is 17.3 Å². The predicted molar refractivity (Wildman–Crippen MR) is 97.3 cm³/mol. The lowest BCUT2D eigenvalue weighted by Gasteiger charge is -2.39. The number of amides is 1. The normalized spacial score (nSPS) is 29.2. The van der Waals surface area contributed by atoms with Gasteiger partial charge in [-0.05, 0) is 56.3 Å². The van der Waals surface area contributed by atoms with Crippen molar-refractivity contribution in [3.05, 3.63) is 12.2 Å². The van der Waals surface area contributed by atoms with Gasteiger partial charge in [0.2, 0.25) is 5.91 Å². The molecular weight excluding hydrogens is 284 g/mol. The van der Waals surface area contributed by atoms with Crippen LogP contribution in [0, 0.1) is 17.3 Å². The largest absolute Gasteiger partial charge is 0.353 e. The van der Waals surface area contributed by atoms with E-state index in [4.69, 9.17) is 0 Å². The maximum atomic E-state index is 12.4. The Morgan fingerprint density at radius 3 is 2.48 bits per heavy atom. The van der Waals surface area contributed by atoms with Crippen molar-refractivity contribution in [3.8, 4) is 0 Å². The smallest absolute Gasteiger partial charge is 0.220 e. The first kappa shape index (κ1) is 18.5. The van der Waals surface area contributed by atoms with Crippen molar-refractivity contribution in [3.63, 3.8) is 0 Å². The van der Waals surface area contributed by atoms with Gasteiger partial charge in [-0.25, -0.2) is 0 Å². The predicted octanol–water partition coefficient (Wildman–Crippen LogP) is 4.00. The van der Waals surface area contributed by atoms with Gasteiger partial charge in [0.1, 0.15) is 0 Å². The van der Waals surface area contributed by atoms with Crippen LogP contribution in [0.5, 0.6) is 0 Å². The summed E-state index contributed by atoms with van der Waals surface area (Å²) in [5.74, 6) is 1.59. The second kappa shape index (κ2) is 7.83. The molecule has 3 heteroatoms. The zero-order chi connectivity index (χ0) is 17.0. The average Bonchev–Trinajstić information content (AvgIpc) is 2.37. The Bertz CT molecular complexity index is 421. The molecule has 0 aromatic rings. The Morgan fingerprint density at radius 1 is 1.26 bits per heavy atom. The van der Waals surface area contributed by atoms with Crippen molar-refractivity contribution >= 4 is 5.91 Å².